The van der Waals surface area contributed by atoms with E-state index in [1.165, 1.54) is 32.2 Å². The molecule has 9 heteroatoms. The lowest BCUT2D eigenvalue weighted by molar-refractivity contribution is -0.147. The summed E-state index contributed by atoms with van der Waals surface area (Å²) in [6, 6.07) is 4.22. The molecule has 0 saturated heterocycles. The highest BCUT2D eigenvalue weighted by atomic mass is 16.7. The Labute approximate surface area is 176 Å². The van der Waals surface area contributed by atoms with Gasteiger partial charge in [0.1, 0.15) is 16.7 Å². The molecule has 1 aromatic carbocycles. The predicted octanol–water partition coefficient (Wildman–Crippen LogP) is 3.71. The first kappa shape index (κ1) is 25.1. The average molecular weight is 425 g/mol. The van der Waals surface area contributed by atoms with E-state index in [-0.39, 0.29) is 17.9 Å². The summed E-state index contributed by atoms with van der Waals surface area (Å²) in [6.45, 7) is 11.6. The smallest absolute Gasteiger partial charge is 0.504 e. The summed E-state index contributed by atoms with van der Waals surface area (Å²) in [5, 5.41) is 12.7. The Balaban J connectivity index is 3.00. The first-order valence-electron chi connectivity index (χ1n) is 9.37. The van der Waals surface area contributed by atoms with Crippen molar-refractivity contribution in [3.05, 3.63) is 23.8 Å². The number of methoxy groups -OCH3 is 1. The van der Waals surface area contributed by atoms with Gasteiger partial charge in [0.2, 0.25) is 0 Å². The number of phenolic OH excluding ortho intramolecular Hbond substituents is 1. The second-order valence-electron chi connectivity index (χ2n) is 9.00. The van der Waals surface area contributed by atoms with Gasteiger partial charge in [0.05, 0.1) is 7.11 Å². The molecule has 0 aliphatic rings. The number of benzene rings is 1. The minimum atomic E-state index is -1.46. The summed E-state index contributed by atoms with van der Waals surface area (Å²) < 4.78 is 20.1. The fraction of sp³-hybridized carbons (Fsp3) is 0.571. The van der Waals surface area contributed by atoms with Crippen LogP contribution in [0.25, 0.3) is 0 Å². The van der Waals surface area contributed by atoms with Gasteiger partial charge < -0.3 is 29.4 Å². The lowest BCUT2D eigenvalue weighted by atomic mass is 9.92. The zero-order valence-corrected chi connectivity index (χ0v) is 18.7. The van der Waals surface area contributed by atoms with Crippen LogP contribution in [0, 0.1) is 0 Å². The van der Waals surface area contributed by atoms with Crippen LogP contribution in [-0.2, 0) is 25.4 Å². The number of phenols is 1. The molecule has 9 nitrogen and oxygen atoms in total. The molecule has 1 rings (SSSR count). The predicted molar refractivity (Wildman–Crippen MR) is 108 cm³/mol. The van der Waals surface area contributed by atoms with Crippen molar-refractivity contribution in [3.63, 3.8) is 0 Å². The molecule has 168 valence electrons. The van der Waals surface area contributed by atoms with Gasteiger partial charge in [-0.2, -0.15) is 0 Å². The number of aromatic hydroxyl groups is 1. The number of hydrogen-bond acceptors (Lipinski definition) is 8. The molecule has 0 saturated carbocycles. The third kappa shape index (κ3) is 8.18. The monoisotopic (exact) mass is 425 g/mol. The van der Waals surface area contributed by atoms with Crippen LogP contribution in [0.5, 0.6) is 11.5 Å². The highest BCUT2D eigenvalue weighted by Crippen LogP contribution is 2.29. The van der Waals surface area contributed by atoms with Gasteiger partial charge in [0, 0.05) is 6.42 Å². The number of carbonyl (C=O) groups excluding carboxylic acids is 3. The lowest BCUT2D eigenvalue weighted by Gasteiger charge is -2.30. The first-order valence-corrected chi connectivity index (χ1v) is 9.37. The van der Waals surface area contributed by atoms with Gasteiger partial charge in [-0.25, -0.2) is 14.4 Å². The van der Waals surface area contributed by atoms with Gasteiger partial charge in [0.15, 0.2) is 11.5 Å². The van der Waals surface area contributed by atoms with E-state index in [0.29, 0.717) is 5.56 Å². The van der Waals surface area contributed by atoms with E-state index in [1.54, 1.807) is 41.5 Å². The molecular weight excluding hydrogens is 394 g/mol. The fourth-order valence-electron chi connectivity index (χ4n) is 2.45. The van der Waals surface area contributed by atoms with E-state index in [1.807, 2.05) is 0 Å². The molecule has 0 bridgehead atoms. The molecule has 0 fully saturated rings. The average Bonchev–Trinajstić information content (AvgIpc) is 2.52. The van der Waals surface area contributed by atoms with Crippen molar-refractivity contribution in [1.82, 2.24) is 5.32 Å². The first-order chi connectivity index (χ1) is 13.5. The van der Waals surface area contributed by atoms with Crippen LogP contribution in [0.1, 0.15) is 54.0 Å². The second-order valence-corrected chi connectivity index (χ2v) is 9.00. The molecule has 0 heterocycles. The van der Waals surface area contributed by atoms with Gasteiger partial charge in [-0.15, -0.1) is 0 Å². The molecule has 1 amide bonds. The van der Waals surface area contributed by atoms with Crippen molar-refractivity contribution in [2.75, 3.05) is 7.11 Å². The maximum absolute atomic E-state index is 12.3. The summed E-state index contributed by atoms with van der Waals surface area (Å²) >= 11 is 0. The quantitative estimate of drug-likeness (QED) is 0.416. The van der Waals surface area contributed by atoms with Gasteiger partial charge in [-0.3, -0.25) is 0 Å². The zero-order chi connectivity index (χ0) is 23.3. The Morgan fingerprint density at radius 3 is 2.00 bits per heavy atom. The maximum atomic E-state index is 12.3. The number of carbonyl (C=O) groups is 3. The fourth-order valence-corrected chi connectivity index (χ4v) is 2.45. The number of hydrogen-bond donors (Lipinski definition) is 2. The van der Waals surface area contributed by atoms with E-state index in [2.05, 4.69) is 5.32 Å². The van der Waals surface area contributed by atoms with Crippen LogP contribution in [0.3, 0.4) is 0 Å². The maximum Gasteiger partial charge on any atom is 0.514 e. The molecule has 0 aliphatic heterocycles. The van der Waals surface area contributed by atoms with Crippen molar-refractivity contribution < 1.29 is 38.4 Å². The largest absolute Gasteiger partial charge is 0.514 e. The number of rotatable bonds is 5. The Kier molecular flexibility index (Phi) is 7.71. The molecular formula is C21H31NO8. The van der Waals surface area contributed by atoms with Crippen molar-refractivity contribution >= 4 is 18.2 Å². The Bertz CT molecular complexity index is 791. The molecule has 2 N–H and O–H groups in total. The van der Waals surface area contributed by atoms with Gasteiger partial charge in [-0.05, 0) is 66.2 Å². The summed E-state index contributed by atoms with van der Waals surface area (Å²) in [7, 11) is 1.20. The second kappa shape index (κ2) is 9.23. The molecule has 0 radical (unpaired) electrons. The highest BCUT2D eigenvalue weighted by Gasteiger charge is 2.38. The molecule has 0 unspecified atom stereocenters. The van der Waals surface area contributed by atoms with Crippen molar-refractivity contribution in [1.29, 1.82) is 0 Å². The molecule has 0 aromatic heterocycles. The van der Waals surface area contributed by atoms with Crippen LogP contribution >= 0.6 is 0 Å². The molecule has 0 aliphatic carbocycles. The van der Waals surface area contributed by atoms with Crippen molar-refractivity contribution in [3.8, 4) is 11.5 Å². The summed E-state index contributed by atoms with van der Waals surface area (Å²) in [6.07, 6.45) is -1.76. The van der Waals surface area contributed by atoms with E-state index in [4.69, 9.17) is 18.9 Å². The number of ether oxygens (including phenoxy) is 4. The minimum Gasteiger partial charge on any atom is -0.504 e. The van der Waals surface area contributed by atoms with Gasteiger partial charge >= 0.3 is 18.2 Å². The van der Waals surface area contributed by atoms with E-state index in [9.17, 15) is 19.5 Å². The topological polar surface area (TPSA) is 120 Å². The Morgan fingerprint density at radius 1 is 0.967 bits per heavy atom. The van der Waals surface area contributed by atoms with Crippen LogP contribution < -0.4 is 10.1 Å². The third-order valence-electron chi connectivity index (χ3n) is 3.58. The van der Waals surface area contributed by atoms with E-state index >= 15 is 0 Å². The summed E-state index contributed by atoms with van der Waals surface area (Å²) in [5.74, 6) is -1.13. The highest BCUT2D eigenvalue weighted by molar-refractivity contribution is 5.85. The minimum absolute atomic E-state index is 0.0147. The lowest BCUT2D eigenvalue weighted by Crippen LogP contribution is -2.55. The van der Waals surface area contributed by atoms with E-state index in [0.717, 1.165) is 0 Å². The van der Waals surface area contributed by atoms with Crippen molar-refractivity contribution in [2.45, 2.75) is 71.6 Å². The molecule has 0 spiro atoms. The van der Waals surface area contributed by atoms with Crippen molar-refractivity contribution in [2.24, 2.45) is 0 Å². The summed E-state index contributed by atoms with van der Waals surface area (Å²) in [5.41, 5.74) is -2.48. The Hall–Kier alpha value is -2.97. The molecule has 30 heavy (non-hydrogen) atoms. The summed E-state index contributed by atoms with van der Waals surface area (Å²) in [4.78, 5) is 36.3. The van der Waals surface area contributed by atoms with Crippen LogP contribution in [0.15, 0.2) is 18.2 Å². The Morgan fingerprint density at radius 2 is 1.53 bits per heavy atom. The normalized spacial score (nSPS) is 13.6. The van der Waals surface area contributed by atoms with E-state index < -0.39 is 35.0 Å². The van der Waals surface area contributed by atoms with Crippen LogP contribution in [-0.4, -0.2) is 47.2 Å². The molecule has 1 atom stereocenters. The third-order valence-corrected chi connectivity index (χ3v) is 3.58. The standard InChI is InChI=1S/C21H31NO8/c1-19(2,3)29-17(25)22-21(7,16(24)27-8)12-13-9-10-15(14(23)11-13)28-18(26)30-20(4,5)6/h9-11,23H,12H2,1-8H3,(H,22,25)/t21-/m0/s1. The van der Waals surface area contributed by atoms with Crippen LogP contribution in [0.2, 0.25) is 0 Å². The van der Waals surface area contributed by atoms with Gasteiger partial charge in [-0.1, -0.05) is 6.07 Å². The SMILES string of the molecule is COC(=O)[C@](C)(Cc1ccc(OC(=O)OC(C)(C)C)c(O)c1)NC(=O)OC(C)(C)C. The van der Waals surface area contributed by atoms with Crippen LogP contribution in [0.4, 0.5) is 9.59 Å². The number of alkyl carbamates (subject to hydrolysis) is 1. The number of esters is 1. The number of amides is 1. The zero-order valence-electron chi connectivity index (χ0n) is 18.7. The van der Waals surface area contributed by atoms with Gasteiger partial charge in [0.25, 0.3) is 0 Å². The molecule has 1 aromatic rings. The number of nitrogens with one attached hydrogen (secondary N) is 1.